The van der Waals surface area contributed by atoms with Crippen molar-refractivity contribution in [3.63, 3.8) is 0 Å². The minimum Gasteiger partial charge on any atom is -0.394 e. The predicted octanol–water partition coefficient (Wildman–Crippen LogP) is 13.2. The Morgan fingerprint density at radius 3 is 1.41 bits per heavy atom. The molecule has 2 atom stereocenters. The van der Waals surface area contributed by atoms with Crippen LogP contribution in [0, 0.1) is 0 Å². The fourth-order valence-corrected chi connectivity index (χ4v) is 6.29. The van der Waals surface area contributed by atoms with Crippen molar-refractivity contribution >= 4 is 5.91 Å². The van der Waals surface area contributed by atoms with Crippen molar-refractivity contribution in [3.8, 4) is 0 Å². The Labute approximate surface area is 305 Å². The van der Waals surface area contributed by atoms with E-state index < -0.39 is 12.1 Å². The molecule has 0 rings (SSSR count). The number of hydrogen-bond acceptors (Lipinski definition) is 3. The molecule has 0 radical (unpaired) electrons. The number of aliphatic hydroxyl groups excluding tert-OH is 2. The van der Waals surface area contributed by atoms with Gasteiger partial charge in [-0.1, -0.05) is 197 Å². The Morgan fingerprint density at radius 1 is 0.510 bits per heavy atom. The summed E-state index contributed by atoms with van der Waals surface area (Å²) in [7, 11) is 0. The lowest BCUT2D eigenvalue weighted by Crippen LogP contribution is -2.45. The molecule has 4 nitrogen and oxygen atoms in total. The number of aliphatic hydroxyl groups is 2. The normalized spacial score (nSPS) is 13.5. The molecule has 2 unspecified atom stereocenters. The van der Waals surface area contributed by atoms with E-state index in [1.165, 1.54) is 148 Å². The first-order valence-corrected chi connectivity index (χ1v) is 21.4. The fourth-order valence-electron chi connectivity index (χ4n) is 6.29. The second-order valence-corrected chi connectivity index (χ2v) is 14.4. The molecule has 0 aliphatic carbocycles. The summed E-state index contributed by atoms with van der Waals surface area (Å²) in [6, 6.07) is -0.638. The van der Waals surface area contributed by atoms with Gasteiger partial charge in [0.2, 0.25) is 5.91 Å². The van der Waals surface area contributed by atoms with Gasteiger partial charge in [-0.2, -0.15) is 0 Å². The summed E-state index contributed by atoms with van der Waals surface area (Å²) >= 11 is 0. The van der Waals surface area contributed by atoms with Gasteiger partial charge in [0.05, 0.1) is 18.8 Å². The Morgan fingerprint density at radius 2 is 0.918 bits per heavy atom. The lowest BCUT2D eigenvalue weighted by atomic mass is 10.0. The largest absolute Gasteiger partial charge is 0.394 e. The second-order valence-electron chi connectivity index (χ2n) is 14.4. The molecule has 0 aromatic rings. The van der Waals surface area contributed by atoms with Crippen molar-refractivity contribution in [3.05, 3.63) is 48.6 Å². The van der Waals surface area contributed by atoms with Crippen molar-refractivity contribution in [2.45, 2.75) is 225 Å². The molecule has 0 aliphatic rings. The summed E-state index contributed by atoms with van der Waals surface area (Å²) in [5.41, 5.74) is 0. The van der Waals surface area contributed by atoms with E-state index in [2.05, 4.69) is 55.6 Å². The minimum atomic E-state index is -0.861. The first-order valence-electron chi connectivity index (χ1n) is 21.4. The van der Waals surface area contributed by atoms with Gasteiger partial charge in [0.25, 0.3) is 0 Å². The molecule has 0 heterocycles. The van der Waals surface area contributed by atoms with Crippen LogP contribution in [0.25, 0.3) is 0 Å². The fraction of sp³-hybridized carbons (Fsp3) is 0.800. The molecule has 1 amide bonds. The molecule has 49 heavy (non-hydrogen) atoms. The highest BCUT2D eigenvalue weighted by Gasteiger charge is 2.17. The quantitative estimate of drug-likeness (QED) is 0.0447. The van der Waals surface area contributed by atoms with Crippen LogP contribution in [0.2, 0.25) is 0 Å². The lowest BCUT2D eigenvalue weighted by Gasteiger charge is -2.19. The second kappa shape index (κ2) is 40.8. The van der Waals surface area contributed by atoms with Crippen LogP contribution in [0.3, 0.4) is 0 Å². The molecular weight excluding hydrogens is 602 g/mol. The number of amides is 1. The standard InChI is InChI=1S/C45H83NO3/c1-3-5-7-9-11-13-15-17-19-21-22-23-24-25-27-29-31-33-35-37-39-41-45(49)46-43(42-47)44(48)40-38-36-34-32-30-28-26-20-18-16-14-12-10-8-6-4-2/h5,7,11,13,30,32,38,40,43-44,47-48H,3-4,6,8-10,12,14-29,31,33-37,39,41-42H2,1-2H3,(H,46,49)/b7-5-,13-11-,32-30+,40-38+. The van der Waals surface area contributed by atoms with Crippen molar-refractivity contribution in [1.82, 2.24) is 5.32 Å². The third-order valence-electron chi connectivity index (χ3n) is 9.55. The molecular formula is C45H83NO3. The summed E-state index contributed by atoms with van der Waals surface area (Å²) in [4.78, 5) is 12.4. The smallest absolute Gasteiger partial charge is 0.220 e. The van der Waals surface area contributed by atoms with Gasteiger partial charge >= 0.3 is 0 Å². The van der Waals surface area contributed by atoms with Crippen molar-refractivity contribution in [2.75, 3.05) is 6.61 Å². The van der Waals surface area contributed by atoms with Gasteiger partial charge in [0.1, 0.15) is 0 Å². The summed E-state index contributed by atoms with van der Waals surface area (Å²) < 4.78 is 0. The Kier molecular flexibility index (Phi) is 39.4. The maximum absolute atomic E-state index is 12.4. The van der Waals surface area contributed by atoms with E-state index in [-0.39, 0.29) is 12.5 Å². The topological polar surface area (TPSA) is 69.6 Å². The molecule has 4 heteroatoms. The molecule has 286 valence electrons. The summed E-state index contributed by atoms with van der Waals surface area (Å²) in [6.07, 6.45) is 55.0. The number of unbranched alkanes of at least 4 members (excludes halogenated alkanes) is 25. The van der Waals surface area contributed by atoms with Gasteiger partial charge in [-0.05, 0) is 57.8 Å². The van der Waals surface area contributed by atoms with Gasteiger partial charge in [-0.15, -0.1) is 0 Å². The number of hydrogen-bond donors (Lipinski definition) is 3. The predicted molar refractivity (Wildman–Crippen MR) is 216 cm³/mol. The molecule has 0 fully saturated rings. The molecule has 0 bridgehead atoms. The molecule has 0 spiro atoms. The van der Waals surface area contributed by atoms with Crippen molar-refractivity contribution in [1.29, 1.82) is 0 Å². The highest BCUT2D eigenvalue weighted by Crippen LogP contribution is 2.15. The highest BCUT2D eigenvalue weighted by atomic mass is 16.3. The minimum absolute atomic E-state index is 0.0753. The Bertz CT molecular complexity index is 786. The first kappa shape index (κ1) is 47.4. The first-order chi connectivity index (χ1) is 24.2. The van der Waals surface area contributed by atoms with E-state index in [1.807, 2.05) is 6.08 Å². The number of nitrogens with one attached hydrogen (secondary N) is 1. The zero-order chi connectivity index (χ0) is 35.7. The monoisotopic (exact) mass is 686 g/mol. The number of carbonyl (C=O) groups is 1. The van der Waals surface area contributed by atoms with Crippen LogP contribution in [-0.4, -0.2) is 34.9 Å². The summed E-state index contributed by atoms with van der Waals surface area (Å²) in [5, 5.41) is 23.0. The maximum Gasteiger partial charge on any atom is 0.220 e. The van der Waals surface area contributed by atoms with Crippen LogP contribution in [0.15, 0.2) is 48.6 Å². The maximum atomic E-state index is 12.4. The number of carbonyl (C=O) groups excluding carboxylic acids is 1. The van der Waals surface area contributed by atoms with Crippen LogP contribution < -0.4 is 5.32 Å². The highest BCUT2D eigenvalue weighted by molar-refractivity contribution is 5.76. The van der Waals surface area contributed by atoms with Crippen molar-refractivity contribution in [2.24, 2.45) is 0 Å². The van der Waals surface area contributed by atoms with Crippen LogP contribution >= 0.6 is 0 Å². The SMILES string of the molecule is CC/C=C\C/C=C\CCCCCCCCCCCCCCCCC(=O)NC(CO)C(O)/C=C/CC/C=C/CCCCCCCCCCCC. The van der Waals surface area contributed by atoms with Crippen LogP contribution in [0.4, 0.5) is 0 Å². The average molecular weight is 686 g/mol. The Balaban J connectivity index is 3.59. The van der Waals surface area contributed by atoms with Crippen LogP contribution in [-0.2, 0) is 4.79 Å². The summed E-state index contributed by atoms with van der Waals surface area (Å²) in [6.45, 7) is 4.19. The van der Waals surface area contributed by atoms with Crippen LogP contribution in [0.5, 0.6) is 0 Å². The van der Waals surface area contributed by atoms with Gasteiger partial charge < -0.3 is 15.5 Å². The third-order valence-corrected chi connectivity index (χ3v) is 9.55. The zero-order valence-corrected chi connectivity index (χ0v) is 32.7. The van der Waals surface area contributed by atoms with E-state index >= 15 is 0 Å². The number of allylic oxidation sites excluding steroid dienone is 7. The van der Waals surface area contributed by atoms with E-state index in [0.29, 0.717) is 6.42 Å². The van der Waals surface area contributed by atoms with Gasteiger partial charge in [-0.25, -0.2) is 0 Å². The average Bonchev–Trinajstić information content (AvgIpc) is 3.10. The van der Waals surface area contributed by atoms with Gasteiger partial charge in [0, 0.05) is 6.42 Å². The van der Waals surface area contributed by atoms with E-state index in [9.17, 15) is 15.0 Å². The molecule has 0 aliphatic heterocycles. The molecule has 3 N–H and O–H groups in total. The molecule has 0 aromatic carbocycles. The molecule has 0 aromatic heterocycles. The third kappa shape index (κ3) is 37.4. The zero-order valence-electron chi connectivity index (χ0n) is 32.7. The van der Waals surface area contributed by atoms with E-state index in [1.54, 1.807) is 6.08 Å². The van der Waals surface area contributed by atoms with Gasteiger partial charge in [0.15, 0.2) is 0 Å². The van der Waals surface area contributed by atoms with Crippen molar-refractivity contribution < 1.29 is 15.0 Å². The van der Waals surface area contributed by atoms with Crippen LogP contribution in [0.1, 0.15) is 213 Å². The van der Waals surface area contributed by atoms with E-state index in [4.69, 9.17) is 0 Å². The number of rotatable bonds is 38. The van der Waals surface area contributed by atoms with Gasteiger partial charge in [-0.3, -0.25) is 4.79 Å². The van der Waals surface area contributed by atoms with E-state index in [0.717, 1.165) is 44.9 Å². The Hall–Kier alpha value is -1.65. The molecule has 0 saturated heterocycles. The summed E-state index contributed by atoms with van der Waals surface area (Å²) in [5.74, 6) is -0.0753. The molecule has 0 saturated carbocycles. The lowest BCUT2D eigenvalue weighted by molar-refractivity contribution is -0.123.